The molecule has 118 valence electrons. The molecule has 0 aliphatic carbocycles. The third-order valence-corrected chi connectivity index (χ3v) is 4.72. The van der Waals surface area contributed by atoms with E-state index < -0.39 is 16.0 Å². The first kappa shape index (κ1) is 17.3. The van der Waals surface area contributed by atoms with E-state index in [1.54, 1.807) is 19.9 Å². The van der Waals surface area contributed by atoms with Crippen LogP contribution in [-0.2, 0) is 19.6 Å². The summed E-state index contributed by atoms with van der Waals surface area (Å²) in [4.78, 5) is 11.3. The maximum atomic E-state index is 12.5. The second-order valence-corrected chi connectivity index (χ2v) is 6.44. The average Bonchev–Trinajstić information content (AvgIpc) is 2.41. The number of aryl methyl sites for hydroxylation is 1. The van der Waals surface area contributed by atoms with Crippen molar-refractivity contribution in [1.29, 1.82) is 0 Å². The van der Waals surface area contributed by atoms with Crippen molar-refractivity contribution in [2.45, 2.75) is 18.7 Å². The van der Waals surface area contributed by atoms with Crippen molar-refractivity contribution >= 4 is 21.7 Å². The van der Waals surface area contributed by atoms with Crippen LogP contribution in [0, 0.1) is 6.92 Å². The van der Waals surface area contributed by atoms with Gasteiger partial charge in [0.1, 0.15) is 17.2 Å². The molecule has 0 aromatic heterocycles. The lowest BCUT2D eigenvalue weighted by molar-refractivity contribution is -0.143. The van der Waals surface area contributed by atoms with E-state index in [0.29, 0.717) is 11.3 Å². The van der Waals surface area contributed by atoms with Gasteiger partial charge in [-0.2, -0.15) is 4.31 Å². The monoisotopic (exact) mass is 316 g/mol. The maximum absolute atomic E-state index is 12.5. The van der Waals surface area contributed by atoms with Crippen LogP contribution in [-0.4, -0.2) is 46.0 Å². The SMILES string of the molecule is CCOC(=O)CN(C)S(=O)(=O)c1cc(N)c(C)cc1OC. The number of hydrogen-bond donors (Lipinski definition) is 1. The Balaban J connectivity index is 3.18. The van der Waals surface area contributed by atoms with Crippen molar-refractivity contribution < 1.29 is 22.7 Å². The minimum Gasteiger partial charge on any atom is -0.495 e. The van der Waals surface area contributed by atoms with E-state index in [4.69, 9.17) is 15.2 Å². The molecule has 8 heteroatoms. The fraction of sp³-hybridized carbons (Fsp3) is 0.462. The maximum Gasteiger partial charge on any atom is 0.321 e. The van der Waals surface area contributed by atoms with Crippen LogP contribution in [0.2, 0.25) is 0 Å². The third-order valence-electron chi connectivity index (χ3n) is 2.90. The Bertz CT molecular complexity index is 628. The van der Waals surface area contributed by atoms with E-state index in [0.717, 1.165) is 4.31 Å². The molecular formula is C13H20N2O5S. The molecule has 0 spiro atoms. The number of nitrogens with two attached hydrogens (primary N) is 1. The van der Waals surface area contributed by atoms with Gasteiger partial charge in [-0.1, -0.05) is 0 Å². The molecule has 2 N–H and O–H groups in total. The van der Waals surface area contributed by atoms with E-state index >= 15 is 0 Å². The van der Waals surface area contributed by atoms with Crippen molar-refractivity contribution in [3.8, 4) is 5.75 Å². The molecule has 0 unspecified atom stereocenters. The minimum absolute atomic E-state index is 0.0834. The average molecular weight is 316 g/mol. The Morgan fingerprint density at radius 2 is 2.00 bits per heavy atom. The molecule has 0 bridgehead atoms. The van der Waals surface area contributed by atoms with E-state index in [1.165, 1.54) is 20.2 Å². The predicted molar refractivity (Wildman–Crippen MR) is 78.6 cm³/mol. The number of hydrogen-bond acceptors (Lipinski definition) is 6. The molecule has 0 heterocycles. The number of nitrogens with zero attached hydrogens (tertiary/aromatic N) is 1. The molecule has 0 aliphatic heterocycles. The van der Waals surface area contributed by atoms with Crippen LogP contribution >= 0.6 is 0 Å². The number of ether oxygens (including phenoxy) is 2. The Kier molecular flexibility index (Phi) is 5.56. The standard InChI is InChI=1S/C13H20N2O5S/c1-5-20-13(16)8-15(3)21(17,18)12-7-10(14)9(2)6-11(12)19-4/h6-7H,5,8,14H2,1-4H3. The second kappa shape index (κ2) is 6.77. The number of rotatable bonds is 6. The van der Waals surface area contributed by atoms with Gasteiger partial charge in [-0.25, -0.2) is 8.42 Å². The summed E-state index contributed by atoms with van der Waals surface area (Å²) in [6, 6.07) is 2.87. The fourth-order valence-electron chi connectivity index (χ4n) is 1.68. The number of carbonyl (C=O) groups is 1. The van der Waals surface area contributed by atoms with E-state index in [-0.39, 0.29) is 23.8 Å². The first-order valence-electron chi connectivity index (χ1n) is 6.30. The fourth-order valence-corrected chi connectivity index (χ4v) is 2.96. The molecule has 0 saturated heterocycles. The summed E-state index contributed by atoms with van der Waals surface area (Å²) in [5, 5.41) is 0. The van der Waals surface area contributed by atoms with Crippen LogP contribution in [0.25, 0.3) is 0 Å². The van der Waals surface area contributed by atoms with E-state index in [2.05, 4.69) is 0 Å². The van der Waals surface area contributed by atoms with Crippen molar-refractivity contribution in [3.63, 3.8) is 0 Å². The molecule has 1 rings (SSSR count). The lowest BCUT2D eigenvalue weighted by Gasteiger charge is -2.19. The van der Waals surface area contributed by atoms with E-state index in [1.807, 2.05) is 0 Å². The summed E-state index contributed by atoms with van der Waals surface area (Å²) in [6.07, 6.45) is 0. The molecule has 0 aliphatic rings. The quantitative estimate of drug-likeness (QED) is 0.615. The molecule has 0 amide bonds. The van der Waals surface area contributed by atoms with Crippen molar-refractivity contribution in [1.82, 2.24) is 4.31 Å². The van der Waals surface area contributed by atoms with Gasteiger partial charge in [-0.05, 0) is 31.5 Å². The van der Waals surface area contributed by atoms with Gasteiger partial charge < -0.3 is 15.2 Å². The highest BCUT2D eigenvalue weighted by atomic mass is 32.2. The molecule has 1 aromatic rings. The van der Waals surface area contributed by atoms with Crippen molar-refractivity contribution in [2.75, 3.05) is 33.0 Å². The van der Waals surface area contributed by atoms with Crippen LogP contribution in [0.5, 0.6) is 5.75 Å². The van der Waals surface area contributed by atoms with Gasteiger partial charge in [0, 0.05) is 12.7 Å². The van der Waals surface area contributed by atoms with Crippen LogP contribution in [0.15, 0.2) is 17.0 Å². The first-order valence-corrected chi connectivity index (χ1v) is 7.74. The lowest BCUT2D eigenvalue weighted by Crippen LogP contribution is -2.33. The number of esters is 1. The Hall–Kier alpha value is -1.80. The molecule has 21 heavy (non-hydrogen) atoms. The van der Waals surface area contributed by atoms with Crippen LogP contribution < -0.4 is 10.5 Å². The van der Waals surface area contributed by atoms with Gasteiger partial charge in [0.25, 0.3) is 0 Å². The number of sulfonamides is 1. The zero-order chi connectivity index (χ0) is 16.2. The summed E-state index contributed by atoms with van der Waals surface area (Å²) in [5.74, 6) is -0.444. The molecule has 0 radical (unpaired) electrons. The molecule has 7 nitrogen and oxygen atoms in total. The zero-order valence-electron chi connectivity index (χ0n) is 12.5. The molecular weight excluding hydrogens is 296 g/mol. The topological polar surface area (TPSA) is 98.9 Å². The largest absolute Gasteiger partial charge is 0.495 e. The van der Waals surface area contributed by atoms with Crippen molar-refractivity contribution in [3.05, 3.63) is 17.7 Å². The van der Waals surface area contributed by atoms with Gasteiger partial charge >= 0.3 is 5.97 Å². The van der Waals surface area contributed by atoms with Gasteiger partial charge in [0.2, 0.25) is 10.0 Å². The number of anilines is 1. The minimum atomic E-state index is -3.91. The Morgan fingerprint density at radius 1 is 1.38 bits per heavy atom. The second-order valence-electron chi connectivity index (χ2n) is 4.43. The first-order chi connectivity index (χ1) is 9.73. The van der Waals surface area contributed by atoms with Gasteiger partial charge in [-0.15, -0.1) is 0 Å². The van der Waals surface area contributed by atoms with Gasteiger partial charge in [-0.3, -0.25) is 4.79 Å². The summed E-state index contributed by atoms with van der Waals surface area (Å²) >= 11 is 0. The molecule has 0 atom stereocenters. The highest BCUT2D eigenvalue weighted by Gasteiger charge is 2.27. The summed E-state index contributed by atoms with van der Waals surface area (Å²) < 4.78 is 35.7. The highest BCUT2D eigenvalue weighted by molar-refractivity contribution is 7.89. The lowest BCUT2D eigenvalue weighted by atomic mass is 10.2. The van der Waals surface area contributed by atoms with Crippen LogP contribution in [0.3, 0.4) is 0 Å². The predicted octanol–water partition coefficient (Wildman–Crippen LogP) is 0.769. The smallest absolute Gasteiger partial charge is 0.321 e. The number of carbonyl (C=O) groups excluding carboxylic acids is 1. The number of methoxy groups -OCH3 is 1. The normalized spacial score (nSPS) is 11.5. The summed E-state index contributed by atoms with van der Waals surface area (Å²) in [5.41, 5.74) is 6.80. The Morgan fingerprint density at radius 3 is 2.52 bits per heavy atom. The summed E-state index contributed by atoms with van der Waals surface area (Å²) in [7, 11) is -1.24. The van der Waals surface area contributed by atoms with E-state index in [9.17, 15) is 13.2 Å². The summed E-state index contributed by atoms with van der Waals surface area (Å²) in [6.45, 7) is 3.20. The number of nitrogen functional groups attached to an aromatic ring is 1. The highest BCUT2D eigenvalue weighted by Crippen LogP contribution is 2.30. The molecule has 0 fully saturated rings. The zero-order valence-corrected chi connectivity index (χ0v) is 13.4. The van der Waals surface area contributed by atoms with Gasteiger partial charge in [0.05, 0.1) is 13.7 Å². The Labute approximate surface area is 124 Å². The molecule has 1 aromatic carbocycles. The van der Waals surface area contributed by atoms with Crippen LogP contribution in [0.4, 0.5) is 5.69 Å². The number of benzene rings is 1. The van der Waals surface area contributed by atoms with Crippen LogP contribution in [0.1, 0.15) is 12.5 Å². The van der Waals surface area contributed by atoms with Gasteiger partial charge in [0.15, 0.2) is 0 Å². The molecule has 0 saturated carbocycles. The van der Waals surface area contributed by atoms with Crippen molar-refractivity contribution in [2.24, 2.45) is 0 Å². The number of likely N-dealkylation sites (N-methyl/N-ethyl adjacent to an activating group) is 1. The third kappa shape index (κ3) is 3.85.